The monoisotopic (exact) mass is 273 g/mol. The van der Waals surface area contributed by atoms with E-state index in [2.05, 4.69) is 19.2 Å². The molecule has 0 saturated carbocycles. The molecule has 1 heterocycles. The number of amides is 1. The molecule has 1 aromatic heterocycles. The van der Waals surface area contributed by atoms with Crippen LogP contribution < -0.4 is 10.9 Å². The molecule has 2 rings (SSSR count). The van der Waals surface area contributed by atoms with Crippen molar-refractivity contribution in [2.24, 2.45) is 5.92 Å². The first-order chi connectivity index (χ1) is 9.47. The lowest BCUT2D eigenvalue weighted by molar-refractivity contribution is 0.0920. The van der Waals surface area contributed by atoms with Crippen molar-refractivity contribution in [3.8, 4) is 0 Å². The van der Waals surface area contributed by atoms with E-state index in [0.717, 1.165) is 17.4 Å². The van der Waals surface area contributed by atoms with Crippen molar-refractivity contribution >= 4 is 16.7 Å². The minimum atomic E-state index is -0.472. The van der Waals surface area contributed by atoms with Crippen molar-refractivity contribution in [2.75, 3.05) is 6.54 Å². The minimum absolute atomic E-state index is 0.0649. The van der Waals surface area contributed by atoms with E-state index in [0.29, 0.717) is 17.8 Å². The summed E-state index contributed by atoms with van der Waals surface area (Å²) in [6, 6.07) is 7.11. The second kappa shape index (κ2) is 5.90. The van der Waals surface area contributed by atoms with Crippen LogP contribution in [-0.2, 0) is 0 Å². The molecule has 0 radical (unpaired) electrons. The number of hydrogen-bond donors (Lipinski definition) is 1. The predicted octanol–water partition coefficient (Wildman–Crippen LogP) is 2.88. The molecule has 0 aliphatic heterocycles. The molecule has 0 fully saturated rings. The second-order valence-corrected chi connectivity index (χ2v) is 5.43. The quantitative estimate of drug-likeness (QED) is 0.931. The van der Waals surface area contributed by atoms with Crippen molar-refractivity contribution in [1.29, 1.82) is 0 Å². The van der Waals surface area contributed by atoms with Gasteiger partial charge in [0.25, 0.3) is 5.91 Å². The molecule has 0 bridgehead atoms. The van der Waals surface area contributed by atoms with Crippen molar-refractivity contribution in [3.05, 3.63) is 46.0 Å². The Morgan fingerprint density at radius 3 is 2.75 bits per heavy atom. The Balaban J connectivity index is 2.25. The number of rotatable bonds is 4. The van der Waals surface area contributed by atoms with Crippen LogP contribution in [0.25, 0.3) is 10.8 Å². The van der Waals surface area contributed by atoms with Gasteiger partial charge >= 0.3 is 5.63 Å². The zero-order valence-corrected chi connectivity index (χ0v) is 12.0. The Morgan fingerprint density at radius 1 is 1.30 bits per heavy atom. The van der Waals surface area contributed by atoms with Gasteiger partial charge in [-0.25, -0.2) is 4.79 Å². The third-order valence-corrected chi connectivity index (χ3v) is 3.15. The third kappa shape index (κ3) is 3.26. The molecule has 1 aromatic carbocycles. The fourth-order valence-corrected chi connectivity index (χ4v) is 1.97. The number of aryl methyl sites for hydroxylation is 1. The normalized spacial score (nSPS) is 11.0. The zero-order valence-electron chi connectivity index (χ0n) is 12.0. The molecule has 106 valence electrons. The first-order valence-electron chi connectivity index (χ1n) is 6.80. The Labute approximate surface area is 117 Å². The number of carbonyl (C=O) groups excluding carboxylic acids is 1. The summed E-state index contributed by atoms with van der Waals surface area (Å²) in [5.41, 5.74) is 0.513. The van der Waals surface area contributed by atoms with E-state index in [4.69, 9.17) is 4.42 Å². The van der Waals surface area contributed by atoms with Crippen LogP contribution in [0.2, 0.25) is 0 Å². The summed E-state index contributed by atoms with van der Waals surface area (Å²) in [4.78, 5) is 23.8. The Morgan fingerprint density at radius 2 is 2.05 bits per heavy atom. The minimum Gasteiger partial charge on any atom is -0.417 e. The largest absolute Gasteiger partial charge is 0.417 e. The van der Waals surface area contributed by atoms with Crippen molar-refractivity contribution in [2.45, 2.75) is 27.2 Å². The molecule has 4 nitrogen and oxygen atoms in total. The molecule has 2 aromatic rings. The van der Waals surface area contributed by atoms with E-state index in [-0.39, 0.29) is 11.7 Å². The molecule has 20 heavy (non-hydrogen) atoms. The molecule has 1 N–H and O–H groups in total. The van der Waals surface area contributed by atoms with Gasteiger partial charge in [0.1, 0.15) is 0 Å². The highest BCUT2D eigenvalue weighted by Crippen LogP contribution is 2.14. The fraction of sp³-hybridized carbons (Fsp3) is 0.375. The summed E-state index contributed by atoms with van der Waals surface area (Å²) >= 11 is 0. The van der Waals surface area contributed by atoms with Gasteiger partial charge in [0.15, 0.2) is 5.76 Å². The highest BCUT2D eigenvalue weighted by Gasteiger charge is 2.12. The maximum absolute atomic E-state index is 11.9. The molecule has 0 atom stereocenters. The summed E-state index contributed by atoms with van der Waals surface area (Å²) in [7, 11) is 0. The lowest BCUT2D eigenvalue weighted by Gasteiger charge is -2.07. The van der Waals surface area contributed by atoms with Crippen LogP contribution in [0, 0.1) is 12.8 Å². The Bertz CT molecular complexity index is 686. The highest BCUT2D eigenvalue weighted by atomic mass is 16.4. The van der Waals surface area contributed by atoms with Crippen LogP contribution in [-0.4, -0.2) is 12.5 Å². The SMILES string of the molecule is Cc1ccc2cc(C(=O)NCCC(C)C)oc(=O)c2c1. The van der Waals surface area contributed by atoms with Gasteiger partial charge in [-0.2, -0.15) is 0 Å². The molecule has 4 heteroatoms. The van der Waals surface area contributed by atoms with Crippen molar-refractivity contribution < 1.29 is 9.21 Å². The molecule has 0 aliphatic rings. The number of nitrogens with one attached hydrogen (secondary N) is 1. The molecule has 0 spiro atoms. The number of carbonyl (C=O) groups is 1. The van der Waals surface area contributed by atoms with Gasteiger partial charge in [0.2, 0.25) is 0 Å². The molecule has 0 saturated heterocycles. The van der Waals surface area contributed by atoms with Crippen LogP contribution in [0.4, 0.5) is 0 Å². The molecular formula is C16H19NO3. The van der Waals surface area contributed by atoms with E-state index in [1.54, 1.807) is 12.1 Å². The summed E-state index contributed by atoms with van der Waals surface area (Å²) in [6.45, 7) is 6.66. The van der Waals surface area contributed by atoms with Crippen LogP contribution in [0.1, 0.15) is 36.4 Å². The van der Waals surface area contributed by atoms with Gasteiger partial charge in [-0.05, 0) is 36.8 Å². The molecule has 1 amide bonds. The predicted molar refractivity (Wildman–Crippen MR) is 79.0 cm³/mol. The van der Waals surface area contributed by atoms with Crippen molar-refractivity contribution in [1.82, 2.24) is 5.32 Å². The maximum Gasteiger partial charge on any atom is 0.344 e. The van der Waals surface area contributed by atoms with Crippen LogP contribution in [0.15, 0.2) is 33.5 Å². The van der Waals surface area contributed by atoms with E-state index in [1.165, 1.54) is 0 Å². The topological polar surface area (TPSA) is 59.3 Å². The van der Waals surface area contributed by atoms with Gasteiger partial charge in [0, 0.05) is 6.54 Å². The third-order valence-electron chi connectivity index (χ3n) is 3.15. The van der Waals surface area contributed by atoms with Crippen LogP contribution in [0.3, 0.4) is 0 Å². The Hall–Kier alpha value is -2.10. The lowest BCUT2D eigenvalue weighted by Crippen LogP contribution is -2.26. The van der Waals surface area contributed by atoms with Crippen LogP contribution in [0.5, 0.6) is 0 Å². The highest BCUT2D eigenvalue weighted by molar-refractivity contribution is 5.95. The van der Waals surface area contributed by atoms with Gasteiger partial charge in [-0.1, -0.05) is 31.5 Å². The number of fused-ring (bicyclic) bond motifs is 1. The number of hydrogen-bond acceptors (Lipinski definition) is 3. The zero-order chi connectivity index (χ0) is 14.7. The Kier molecular flexibility index (Phi) is 4.23. The van der Waals surface area contributed by atoms with Gasteiger partial charge in [0.05, 0.1) is 5.39 Å². The van der Waals surface area contributed by atoms with Crippen molar-refractivity contribution in [3.63, 3.8) is 0 Å². The van der Waals surface area contributed by atoms with E-state index in [9.17, 15) is 9.59 Å². The molecule has 0 unspecified atom stereocenters. The standard InChI is InChI=1S/C16H19NO3/c1-10(2)6-7-17-15(18)14-9-12-5-4-11(3)8-13(12)16(19)20-14/h4-5,8-10H,6-7H2,1-3H3,(H,17,18). The maximum atomic E-state index is 11.9. The van der Waals surface area contributed by atoms with Gasteiger partial charge in [-0.15, -0.1) is 0 Å². The summed E-state index contributed by atoms with van der Waals surface area (Å²) < 4.78 is 5.10. The van der Waals surface area contributed by atoms with E-state index < -0.39 is 5.63 Å². The average Bonchev–Trinajstić information content (AvgIpc) is 2.38. The summed E-state index contributed by atoms with van der Waals surface area (Å²) in [6.07, 6.45) is 0.892. The smallest absolute Gasteiger partial charge is 0.344 e. The van der Waals surface area contributed by atoms with Crippen LogP contribution >= 0.6 is 0 Å². The fourth-order valence-electron chi connectivity index (χ4n) is 1.97. The second-order valence-electron chi connectivity index (χ2n) is 5.43. The van der Waals surface area contributed by atoms with E-state index >= 15 is 0 Å². The number of benzene rings is 1. The summed E-state index contributed by atoms with van der Waals surface area (Å²) in [5.74, 6) is 0.238. The van der Waals surface area contributed by atoms with E-state index in [1.807, 2.05) is 19.1 Å². The lowest BCUT2D eigenvalue weighted by atomic mass is 10.1. The molecular weight excluding hydrogens is 254 g/mol. The average molecular weight is 273 g/mol. The molecule has 0 aliphatic carbocycles. The van der Waals surface area contributed by atoms with Gasteiger partial charge in [-0.3, -0.25) is 4.79 Å². The summed E-state index contributed by atoms with van der Waals surface area (Å²) in [5, 5.41) is 3.99. The first-order valence-corrected chi connectivity index (χ1v) is 6.80. The van der Waals surface area contributed by atoms with Gasteiger partial charge < -0.3 is 9.73 Å². The first kappa shape index (κ1) is 14.3.